The molecule has 5 rings (SSSR count). The molecule has 7 atom stereocenters. The van der Waals surface area contributed by atoms with Crippen molar-refractivity contribution in [3.8, 4) is 17.2 Å². The first-order valence-corrected chi connectivity index (χ1v) is 22.5. The maximum absolute atomic E-state index is 14.1. The van der Waals surface area contributed by atoms with Crippen LogP contribution in [0.4, 0.5) is 0 Å². The van der Waals surface area contributed by atoms with Gasteiger partial charge in [0.2, 0.25) is 5.78 Å². The van der Waals surface area contributed by atoms with Gasteiger partial charge in [-0.1, -0.05) is 116 Å². The van der Waals surface area contributed by atoms with Crippen molar-refractivity contribution >= 4 is 11.6 Å². The number of ether oxygens (including phenoxy) is 3. The Labute approximate surface area is 350 Å². The summed E-state index contributed by atoms with van der Waals surface area (Å²) in [6.07, 6.45) is 13.1. The third-order valence-electron chi connectivity index (χ3n) is 13.0. The number of hydrogen-bond donors (Lipinski definition) is 6. The zero-order valence-corrected chi connectivity index (χ0v) is 35.9. The molecule has 0 bridgehead atoms. The molecule has 2 aliphatic carbocycles. The second kappa shape index (κ2) is 22.1. The van der Waals surface area contributed by atoms with Gasteiger partial charge in [-0.2, -0.15) is 0 Å². The fourth-order valence-corrected chi connectivity index (χ4v) is 9.49. The highest BCUT2D eigenvalue weighted by atomic mass is 16.7. The highest BCUT2D eigenvalue weighted by molar-refractivity contribution is 6.31. The molecule has 12 nitrogen and oxygen atoms in total. The number of nitrogens with zero attached hydrogens (tertiary/aromatic N) is 1. The Hall–Kier alpha value is -3.10. The van der Waals surface area contributed by atoms with Crippen LogP contribution in [-0.2, 0) is 15.9 Å². The maximum atomic E-state index is 14.1. The summed E-state index contributed by atoms with van der Waals surface area (Å²) in [7, 11) is 1.37. The van der Waals surface area contributed by atoms with Crippen molar-refractivity contribution in [1.29, 1.82) is 0 Å². The molecule has 0 aromatic heterocycles. The number of ketones is 2. The summed E-state index contributed by atoms with van der Waals surface area (Å²) in [6.45, 7) is 7.04. The number of phenolic OH excluding ortho intramolecular Hbond substituents is 2. The maximum Gasteiger partial charge on any atom is 0.202 e. The quantitative estimate of drug-likeness (QED) is 0.0389. The van der Waals surface area contributed by atoms with Crippen LogP contribution in [0.25, 0.3) is 0 Å². The molecule has 59 heavy (non-hydrogen) atoms. The minimum Gasteiger partial charge on any atom is -0.507 e. The topological polar surface area (TPSA) is 186 Å². The summed E-state index contributed by atoms with van der Waals surface area (Å²) in [5.74, 6) is -2.51. The van der Waals surface area contributed by atoms with Crippen LogP contribution in [0.1, 0.15) is 185 Å². The van der Waals surface area contributed by atoms with Gasteiger partial charge in [0.1, 0.15) is 23.4 Å². The van der Waals surface area contributed by atoms with Gasteiger partial charge in [0, 0.05) is 42.0 Å². The Morgan fingerprint density at radius 2 is 1.39 bits per heavy atom. The van der Waals surface area contributed by atoms with Crippen LogP contribution in [0.5, 0.6) is 17.2 Å². The van der Waals surface area contributed by atoms with Crippen molar-refractivity contribution in [3.63, 3.8) is 0 Å². The molecule has 1 aliphatic heterocycles. The molecule has 0 saturated carbocycles. The van der Waals surface area contributed by atoms with Gasteiger partial charge in [-0.05, 0) is 38.9 Å². The molecule has 0 unspecified atom stereocenters. The average Bonchev–Trinajstić information content (AvgIpc) is 3.22. The average molecular weight is 826 g/mol. The Kier molecular flexibility index (Phi) is 17.6. The van der Waals surface area contributed by atoms with Crippen molar-refractivity contribution < 1.29 is 54.4 Å². The van der Waals surface area contributed by atoms with Crippen molar-refractivity contribution in [3.05, 3.63) is 51.6 Å². The lowest BCUT2D eigenvalue weighted by Gasteiger charge is -2.46. The Morgan fingerprint density at radius 1 is 0.831 bits per heavy atom. The number of benzene rings is 2. The van der Waals surface area contributed by atoms with E-state index in [2.05, 4.69) is 18.7 Å². The Balaban J connectivity index is 1.41. The first kappa shape index (κ1) is 47.0. The normalized spacial score (nSPS) is 24.5. The van der Waals surface area contributed by atoms with Crippen LogP contribution in [0.2, 0.25) is 0 Å². The van der Waals surface area contributed by atoms with Gasteiger partial charge in [-0.15, -0.1) is 0 Å². The molecule has 0 radical (unpaired) electrons. The van der Waals surface area contributed by atoms with E-state index < -0.39 is 83.5 Å². The third kappa shape index (κ3) is 10.9. The lowest BCUT2D eigenvalue weighted by molar-refractivity contribution is -0.262. The molecule has 3 aliphatic rings. The number of fused-ring (bicyclic) bond motifs is 3. The molecule has 0 spiro atoms. The molecule has 1 heterocycles. The highest BCUT2D eigenvalue weighted by Crippen LogP contribution is 2.53. The first-order valence-electron chi connectivity index (χ1n) is 22.5. The number of phenols is 2. The lowest BCUT2D eigenvalue weighted by Crippen LogP contribution is -2.56. The zero-order valence-electron chi connectivity index (χ0n) is 35.9. The number of hydrogen-bond acceptors (Lipinski definition) is 12. The van der Waals surface area contributed by atoms with Crippen LogP contribution in [0.15, 0.2) is 18.2 Å². The molecule has 1 fully saturated rings. The van der Waals surface area contributed by atoms with E-state index in [0.717, 1.165) is 38.8 Å². The Bertz CT molecular complexity index is 1680. The summed E-state index contributed by atoms with van der Waals surface area (Å²) < 4.78 is 18.3. The molecule has 330 valence electrons. The van der Waals surface area contributed by atoms with E-state index >= 15 is 0 Å². The van der Waals surface area contributed by atoms with E-state index in [1.165, 1.54) is 96.3 Å². The van der Waals surface area contributed by atoms with Crippen molar-refractivity contribution in [1.82, 2.24) is 4.90 Å². The fraction of sp³-hybridized carbons (Fsp3) is 0.702. The summed E-state index contributed by atoms with van der Waals surface area (Å²) in [4.78, 5) is 30.4. The van der Waals surface area contributed by atoms with E-state index in [0.29, 0.717) is 0 Å². The van der Waals surface area contributed by atoms with E-state index in [4.69, 9.17) is 14.2 Å². The van der Waals surface area contributed by atoms with Crippen LogP contribution >= 0.6 is 0 Å². The van der Waals surface area contributed by atoms with Crippen LogP contribution in [-0.4, -0.2) is 110 Å². The van der Waals surface area contributed by atoms with Crippen LogP contribution < -0.4 is 4.74 Å². The SMILES string of the molecule is CCCCCCCCCCN(CCCCCCCCCC)[C@@H]1C[C@H](O[C@@H]2C[C@](O)([C@H](O)CO)Cc3c(O)c4c(c(O)c32)C(=O)c2c(OC)cccc2C4=O)O[C@H](C)[C@@H]1O. The number of carbonyl (C=O) groups excluding carboxylic acids is 2. The van der Waals surface area contributed by atoms with Crippen molar-refractivity contribution in [2.75, 3.05) is 26.8 Å². The van der Waals surface area contributed by atoms with Gasteiger partial charge >= 0.3 is 0 Å². The number of unbranched alkanes of at least 4 members (excludes halogenated alkanes) is 14. The van der Waals surface area contributed by atoms with Gasteiger partial charge < -0.3 is 44.8 Å². The van der Waals surface area contributed by atoms with Gasteiger partial charge in [-0.25, -0.2) is 0 Å². The summed E-state index contributed by atoms with van der Waals surface area (Å²) in [5, 5.41) is 68.2. The molecule has 2 aromatic carbocycles. The first-order chi connectivity index (χ1) is 28.4. The van der Waals surface area contributed by atoms with Gasteiger partial charge in [0.25, 0.3) is 0 Å². The fourth-order valence-electron chi connectivity index (χ4n) is 9.49. The number of carbonyl (C=O) groups is 2. The number of methoxy groups -OCH3 is 1. The molecule has 0 amide bonds. The second-order valence-electron chi connectivity index (χ2n) is 17.2. The molecule has 12 heteroatoms. The summed E-state index contributed by atoms with van der Waals surface area (Å²) in [5.41, 5.74) is -3.02. The lowest BCUT2D eigenvalue weighted by atomic mass is 9.71. The predicted molar refractivity (Wildman–Crippen MR) is 225 cm³/mol. The third-order valence-corrected chi connectivity index (χ3v) is 13.0. The van der Waals surface area contributed by atoms with E-state index in [9.17, 15) is 40.2 Å². The van der Waals surface area contributed by atoms with Gasteiger partial charge in [-0.3, -0.25) is 14.5 Å². The summed E-state index contributed by atoms with van der Waals surface area (Å²) >= 11 is 0. The Morgan fingerprint density at radius 3 is 1.95 bits per heavy atom. The number of aliphatic hydroxyl groups excluding tert-OH is 3. The van der Waals surface area contributed by atoms with E-state index in [1.54, 1.807) is 13.0 Å². The standard InChI is InChI=1S/C47H71NO11/c1-5-7-9-11-13-15-17-19-24-48(25-20-18-16-14-12-10-8-6-2)33-26-37(58-30(3)42(33)51)59-35-28-47(56,36(50)29-49)27-32-39(35)46(55)41-40(44(32)53)43(52)31-22-21-23-34(57-4)38(31)45(41)54/h21-23,30,33,35-37,42,49-51,53,55-56H,5-20,24-29H2,1-4H3/t30-,33-,35-,36-,37+,42+,47+/m1/s1. The molecular formula is C47H71NO11. The van der Waals surface area contributed by atoms with Crippen LogP contribution in [0.3, 0.4) is 0 Å². The second-order valence-corrected chi connectivity index (χ2v) is 17.2. The monoisotopic (exact) mass is 826 g/mol. The number of aromatic hydroxyl groups is 2. The summed E-state index contributed by atoms with van der Waals surface area (Å²) in [6, 6.07) is 4.20. The zero-order chi connectivity index (χ0) is 42.7. The minimum atomic E-state index is -2.05. The molecule has 1 saturated heterocycles. The van der Waals surface area contributed by atoms with Crippen molar-refractivity contribution in [2.45, 2.75) is 185 Å². The van der Waals surface area contributed by atoms with Gasteiger partial charge in [0.05, 0.1) is 54.3 Å². The molecular weight excluding hydrogens is 755 g/mol. The molecule has 6 N–H and O–H groups in total. The van der Waals surface area contributed by atoms with E-state index in [-0.39, 0.29) is 46.9 Å². The van der Waals surface area contributed by atoms with Crippen molar-refractivity contribution in [2.24, 2.45) is 0 Å². The molecule has 2 aromatic rings. The minimum absolute atomic E-state index is 0.00998. The number of rotatable bonds is 24. The van der Waals surface area contributed by atoms with E-state index in [1.807, 2.05) is 0 Å². The smallest absolute Gasteiger partial charge is 0.202 e. The predicted octanol–water partition coefficient (Wildman–Crippen LogP) is 7.42. The number of aliphatic hydroxyl groups is 4. The largest absolute Gasteiger partial charge is 0.507 e. The van der Waals surface area contributed by atoms with Gasteiger partial charge in [0.15, 0.2) is 12.1 Å². The highest BCUT2D eigenvalue weighted by Gasteiger charge is 2.50. The van der Waals surface area contributed by atoms with Crippen LogP contribution in [0, 0.1) is 0 Å².